The molecule has 4 rings (SSSR count). The summed E-state index contributed by atoms with van der Waals surface area (Å²) < 4.78 is 26.2. The van der Waals surface area contributed by atoms with Gasteiger partial charge >= 0.3 is 0 Å². The first kappa shape index (κ1) is 26.2. The molecule has 3 aromatic carbocycles. The molecule has 0 atom stereocenters. The topological polar surface area (TPSA) is 42.0 Å². The number of halogens is 2. The van der Waals surface area contributed by atoms with Crippen molar-refractivity contribution in [3.63, 3.8) is 0 Å². The molecule has 1 amide bonds. The second kappa shape index (κ2) is 11.5. The number of carbonyl (C=O) groups excluding carboxylic acids is 1. The second-order valence-electron chi connectivity index (χ2n) is 8.11. The summed E-state index contributed by atoms with van der Waals surface area (Å²) in [5.74, 6) is 0.602. The van der Waals surface area contributed by atoms with Gasteiger partial charge in [-0.25, -0.2) is 4.39 Å². The molecule has 0 aliphatic carbocycles. The predicted molar refractivity (Wildman–Crippen MR) is 152 cm³/mol. The van der Waals surface area contributed by atoms with Crippen LogP contribution in [0.3, 0.4) is 0 Å². The van der Waals surface area contributed by atoms with Gasteiger partial charge in [-0.2, -0.15) is 0 Å². The number of benzene rings is 3. The van der Waals surface area contributed by atoms with Crippen molar-refractivity contribution in [3.05, 3.63) is 87.0 Å². The van der Waals surface area contributed by atoms with Gasteiger partial charge in [0.1, 0.15) is 12.4 Å². The van der Waals surface area contributed by atoms with Gasteiger partial charge in [0.2, 0.25) is 0 Å². The highest BCUT2D eigenvalue weighted by molar-refractivity contribution is 9.10. The number of carbonyl (C=O) groups is 1. The summed E-state index contributed by atoms with van der Waals surface area (Å²) in [5.41, 5.74) is 3.36. The Labute approximate surface area is 228 Å². The summed E-state index contributed by atoms with van der Waals surface area (Å²) in [4.78, 5) is 17.3. The van der Waals surface area contributed by atoms with Crippen LogP contribution in [0.5, 0.6) is 11.5 Å². The van der Waals surface area contributed by atoms with E-state index in [2.05, 4.69) is 15.9 Å². The number of nitrogens with zero attached hydrogens (tertiary/aromatic N) is 2. The van der Waals surface area contributed by atoms with Crippen LogP contribution in [0, 0.1) is 5.82 Å². The molecule has 0 N–H and O–H groups in total. The number of ether oxygens (including phenoxy) is 2. The molecule has 1 saturated heterocycles. The fourth-order valence-corrected chi connectivity index (χ4v) is 5.43. The third-order valence-electron chi connectivity index (χ3n) is 5.34. The summed E-state index contributed by atoms with van der Waals surface area (Å²) >= 11 is 10.4. The molecule has 186 valence electrons. The standard InChI is InChI=1S/C27H24BrFN2O3S2/c1-4-33-23-14-18(13-22(28)25(23)34-16-17-5-7-19(29)8-6-17)15-24-26(32)31(27(35)36-24)21-11-9-20(10-12-21)30(2)3/h5-15H,4,16H2,1-3H3. The normalized spacial score (nSPS) is 14.5. The van der Waals surface area contributed by atoms with Crippen molar-refractivity contribution in [1.82, 2.24) is 0 Å². The van der Waals surface area contributed by atoms with Gasteiger partial charge in [-0.3, -0.25) is 9.69 Å². The van der Waals surface area contributed by atoms with E-state index < -0.39 is 0 Å². The average molecular weight is 588 g/mol. The molecule has 36 heavy (non-hydrogen) atoms. The zero-order valence-electron chi connectivity index (χ0n) is 20.0. The lowest BCUT2D eigenvalue weighted by Gasteiger charge is -2.17. The lowest BCUT2D eigenvalue weighted by Crippen LogP contribution is -2.27. The zero-order valence-corrected chi connectivity index (χ0v) is 23.2. The van der Waals surface area contributed by atoms with E-state index in [-0.39, 0.29) is 18.3 Å². The van der Waals surface area contributed by atoms with Gasteiger partial charge < -0.3 is 14.4 Å². The number of rotatable bonds is 8. The summed E-state index contributed by atoms with van der Waals surface area (Å²) in [6, 6.07) is 17.5. The van der Waals surface area contributed by atoms with Crippen molar-refractivity contribution in [3.8, 4) is 11.5 Å². The van der Waals surface area contributed by atoms with E-state index in [9.17, 15) is 9.18 Å². The molecule has 0 bridgehead atoms. The Kier molecular flexibility index (Phi) is 8.33. The van der Waals surface area contributed by atoms with Crippen LogP contribution in [0.15, 0.2) is 70.0 Å². The van der Waals surface area contributed by atoms with Gasteiger partial charge in [-0.05, 0) is 88.6 Å². The molecule has 0 saturated carbocycles. The van der Waals surface area contributed by atoms with Crippen LogP contribution in [0.4, 0.5) is 15.8 Å². The van der Waals surface area contributed by atoms with E-state index in [1.54, 1.807) is 23.1 Å². The summed E-state index contributed by atoms with van der Waals surface area (Å²) in [7, 11) is 3.93. The highest BCUT2D eigenvalue weighted by Gasteiger charge is 2.33. The summed E-state index contributed by atoms with van der Waals surface area (Å²) in [5, 5.41) is 0. The summed E-state index contributed by atoms with van der Waals surface area (Å²) in [6.45, 7) is 2.58. The maximum absolute atomic E-state index is 13.2. The van der Waals surface area contributed by atoms with Crippen LogP contribution >= 0.6 is 39.9 Å². The maximum Gasteiger partial charge on any atom is 0.270 e. The van der Waals surface area contributed by atoms with Crippen LogP contribution in [0.1, 0.15) is 18.1 Å². The molecule has 0 spiro atoms. The summed E-state index contributed by atoms with van der Waals surface area (Å²) in [6.07, 6.45) is 1.80. The fraction of sp³-hybridized carbons (Fsp3) is 0.185. The smallest absolute Gasteiger partial charge is 0.270 e. The van der Waals surface area contributed by atoms with Crippen molar-refractivity contribution >= 4 is 67.6 Å². The minimum atomic E-state index is -0.296. The number of thioether (sulfide) groups is 1. The molecule has 5 nitrogen and oxygen atoms in total. The second-order valence-corrected chi connectivity index (χ2v) is 10.6. The highest BCUT2D eigenvalue weighted by Crippen LogP contribution is 2.40. The van der Waals surface area contributed by atoms with E-state index in [1.165, 1.54) is 23.9 Å². The van der Waals surface area contributed by atoms with Crippen molar-refractivity contribution in [2.24, 2.45) is 0 Å². The van der Waals surface area contributed by atoms with Crippen molar-refractivity contribution in [2.45, 2.75) is 13.5 Å². The average Bonchev–Trinajstić information content (AvgIpc) is 3.12. The van der Waals surface area contributed by atoms with Crippen LogP contribution in [-0.2, 0) is 11.4 Å². The Bertz CT molecular complexity index is 1310. The molecular formula is C27H24BrFN2O3S2. The van der Waals surface area contributed by atoms with Gasteiger partial charge in [0.25, 0.3) is 5.91 Å². The van der Waals surface area contributed by atoms with Crippen LogP contribution in [0.25, 0.3) is 6.08 Å². The van der Waals surface area contributed by atoms with Crippen LogP contribution < -0.4 is 19.3 Å². The third kappa shape index (κ3) is 5.91. The van der Waals surface area contributed by atoms with Crippen molar-refractivity contribution in [1.29, 1.82) is 0 Å². The lowest BCUT2D eigenvalue weighted by atomic mass is 10.1. The molecular weight excluding hydrogens is 563 g/mol. The highest BCUT2D eigenvalue weighted by atomic mass is 79.9. The van der Waals surface area contributed by atoms with E-state index in [1.807, 2.05) is 62.3 Å². The molecule has 3 aromatic rings. The Morgan fingerprint density at radius 3 is 2.42 bits per heavy atom. The SMILES string of the molecule is CCOc1cc(C=C2SC(=S)N(c3ccc(N(C)C)cc3)C2=O)cc(Br)c1OCc1ccc(F)cc1. The van der Waals surface area contributed by atoms with E-state index in [0.717, 1.165) is 22.5 Å². The first-order valence-corrected chi connectivity index (χ1v) is 13.2. The minimum absolute atomic E-state index is 0.173. The van der Waals surface area contributed by atoms with Crippen molar-refractivity contribution in [2.75, 3.05) is 30.5 Å². The molecule has 1 fully saturated rings. The Morgan fingerprint density at radius 1 is 1.08 bits per heavy atom. The first-order chi connectivity index (χ1) is 17.3. The van der Waals surface area contributed by atoms with Crippen LogP contribution in [-0.4, -0.2) is 30.9 Å². The minimum Gasteiger partial charge on any atom is -0.490 e. The quantitative estimate of drug-likeness (QED) is 0.208. The Hall–Kier alpha value is -2.88. The fourth-order valence-electron chi connectivity index (χ4n) is 3.55. The van der Waals surface area contributed by atoms with Crippen molar-refractivity contribution < 1.29 is 18.7 Å². The van der Waals surface area contributed by atoms with Gasteiger partial charge in [-0.1, -0.05) is 36.1 Å². The first-order valence-electron chi connectivity index (χ1n) is 11.2. The predicted octanol–water partition coefficient (Wildman–Crippen LogP) is 7.04. The molecule has 0 unspecified atom stereocenters. The van der Waals surface area contributed by atoms with Gasteiger partial charge in [0.05, 0.1) is 21.7 Å². The van der Waals surface area contributed by atoms with E-state index in [0.29, 0.717) is 31.8 Å². The Balaban J connectivity index is 1.57. The number of amides is 1. The zero-order chi connectivity index (χ0) is 25.8. The van der Waals surface area contributed by atoms with E-state index >= 15 is 0 Å². The third-order valence-corrected chi connectivity index (χ3v) is 7.24. The monoisotopic (exact) mass is 586 g/mol. The van der Waals surface area contributed by atoms with Crippen LogP contribution in [0.2, 0.25) is 0 Å². The molecule has 1 aliphatic heterocycles. The molecule has 0 radical (unpaired) electrons. The number of hydrogen-bond acceptors (Lipinski definition) is 6. The Morgan fingerprint density at radius 2 is 1.78 bits per heavy atom. The lowest BCUT2D eigenvalue weighted by molar-refractivity contribution is -0.113. The molecule has 9 heteroatoms. The van der Waals surface area contributed by atoms with E-state index in [4.69, 9.17) is 21.7 Å². The molecule has 1 aliphatic rings. The maximum atomic E-state index is 13.2. The molecule has 0 aromatic heterocycles. The molecule has 1 heterocycles. The van der Waals surface area contributed by atoms with Gasteiger partial charge in [0, 0.05) is 19.8 Å². The van der Waals surface area contributed by atoms with Gasteiger partial charge in [-0.15, -0.1) is 0 Å². The largest absolute Gasteiger partial charge is 0.490 e. The van der Waals surface area contributed by atoms with Gasteiger partial charge in [0.15, 0.2) is 15.8 Å². The number of hydrogen-bond donors (Lipinski definition) is 0. The number of thiocarbonyl (C=S) groups is 1. The number of anilines is 2.